The zero-order chi connectivity index (χ0) is 52.2. The number of hydrogen-bond donors (Lipinski definition) is 4. The Morgan fingerprint density at radius 2 is 1.33 bits per heavy atom. The summed E-state index contributed by atoms with van der Waals surface area (Å²) in [5.41, 5.74) is -5.50. The second kappa shape index (κ2) is 21.7. The van der Waals surface area contributed by atoms with Gasteiger partial charge in [-0.05, 0) is 108 Å². The highest BCUT2D eigenvalue weighted by molar-refractivity contribution is 5.90. The molecule has 0 unspecified atom stereocenters. The molecule has 4 aliphatic carbocycles. The summed E-state index contributed by atoms with van der Waals surface area (Å²) in [6, 6.07) is 8.36. The summed E-state index contributed by atoms with van der Waals surface area (Å²) >= 11 is 0. The van der Waals surface area contributed by atoms with Crippen molar-refractivity contribution in [2.75, 3.05) is 21.3 Å². The molecule has 0 aromatic heterocycles. The molecule has 18 nitrogen and oxygen atoms in total. The molecule has 4 N–H and O–H groups in total. The van der Waals surface area contributed by atoms with Gasteiger partial charge in [-0.3, -0.25) is 9.59 Å². The van der Waals surface area contributed by atoms with Gasteiger partial charge in [0, 0.05) is 46.0 Å². The number of aliphatic hydroxyl groups excluding tert-OH is 2. The summed E-state index contributed by atoms with van der Waals surface area (Å²) in [7, 11) is 4.63. The van der Waals surface area contributed by atoms with Crippen LogP contribution in [0.2, 0.25) is 0 Å². The Morgan fingerprint density at radius 3 is 1.93 bits per heavy atom. The van der Waals surface area contributed by atoms with Crippen LogP contribution in [0.1, 0.15) is 130 Å². The highest BCUT2D eigenvalue weighted by atomic mass is 16.8. The van der Waals surface area contributed by atoms with Crippen LogP contribution in [0.4, 0.5) is 0 Å². The van der Waals surface area contributed by atoms with Gasteiger partial charge in [-0.25, -0.2) is 4.79 Å². The zero-order valence-corrected chi connectivity index (χ0v) is 44.0. The maximum Gasteiger partial charge on any atom is 0.338 e. The molecule has 3 aliphatic heterocycles. The number of hydrogen-bond acceptors (Lipinski definition) is 18. The van der Waals surface area contributed by atoms with Crippen LogP contribution in [-0.2, 0) is 61.7 Å². The van der Waals surface area contributed by atoms with Gasteiger partial charge in [-0.2, -0.15) is 0 Å². The number of aliphatic hydroxyl groups is 4. The Balaban J connectivity index is 0.933. The van der Waals surface area contributed by atoms with Gasteiger partial charge in [0.05, 0.1) is 48.1 Å². The van der Waals surface area contributed by atoms with E-state index in [1.165, 1.54) is 14.0 Å². The molecule has 3 saturated heterocycles. The molecule has 0 amide bonds. The smallest absolute Gasteiger partial charge is 0.338 e. The van der Waals surface area contributed by atoms with E-state index in [0.717, 1.165) is 0 Å². The minimum atomic E-state index is -2.15. The van der Waals surface area contributed by atoms with Crippen molar-refractivity contribution in [2.24, 2.45) is 34.5 Å². The van der Waals surface area contributed by atoms with E-state index < -0.39 is 138 Å². The van der Waals surface area contributed by atoms with Crippen LogP contribution < -0.4 is 0 Å². The lowest BCUT2D eigenvalue weighted by molar-refractivity contribution is -0.352. The van der Waals surface area contributed by atoms with E-state index in [2.05, 4.69) is 6.92 Å². The quantitative estimate of drug-likeness (QED) is 0.136. The van der Waals surface area contributed by atoms with E-state index in [-0.39, 0.29) is 42.1 Å². The summed E-state index contributed by atoms with van der Waals surface area (Å²) in [6.45, 7) is 14.6. The summed E-state index contributed by atoms with van der Waals surface area (Å²) < 4.78 is 68.1. The third-order valence-electron chi connectivity index (χ3n) is 18.3. The number of methoxy groups -OCH3 is 3. The van der Waals surface area contributed by atoms with Crippen LogP contribution in [0.3, 0.4) is 0 Å². The van der Waals surface area contributed by atoms with Crippen LogP contribution in [0.5, 0.6) is 0 Å². The summed E-state index contributed by atoms with van der Waals surface area (Å²) in [5, 5.41) is 48.4. The van der Waals surface area contributed by atoms with Gasteiger partial charge in [0.1, 0.15) is 47.5 Å². The van der Waals surface area contributed by atoms with Crippen LogP contribution >= 0.6 is 0 Å². The predicted molar refractivity (Wildman–Crippen MR) is 256 cm³/mol. The van der Waals surface area contributed by atoms with Gasteiger partial charge < -0.3 is 72.5 Å². The minimum Gasteiger partial charge on any atom is -0.457 e. The fourth-order valence-corrected chi connectivity index (χ4v) is 14.6. The predicted octanol–water partition coefficient (Wildman–Crippen LogP) is 4.80. The normalized spacial score (nSPS) is 47.2. The Hall–Kier alpha value is -2.69. The third kappa shape index (κ3) is 9.85. The van der Waals surface area contributed by atoms with Crippen LogP contribution in [0, 0.1) is 34.5 Å². The summed E-state index contributed by atoms with van der Waals surface area (Å²) in [6.07, 6.45) is -7.94. The Labute approximate surface area is 424 Å². The number of benzene rings is 1. The van der Waals surface area contributed by atoms with Crippen molar-refractivity contribution in [2.45, 2.75) is 229 Å². The summed E-state index contributed by atoms with van der Waals surface area (Å²) in [4.78, 5) is 41.3. The first-order chi connectivity index (χ1) is 34.0. The lowest BCUT2D eigenvalue weighted by atomic mass is 9.41. The molecule has 7 fully saturated rings. The van der Waals surface area contributed by atoms with Crippen molar-refractivity contribution in [3.8, 4) is 0 Å². The lowest BCUT2D eigenvalue weighted by Crippen LogP contribution is -2.76. The highest BCUT2D eigenvalue weighted by Crippen LogP contribution is 2.71. The molecule has 0 bridgehead atoms. The monoisotopic (exact) mass is 1020 g/mol. The first-order valence-corrected chi connectivity index (χ1v) is 26.3. The molecular weight excluding hydrogens is 937 g/mol. The SMILES string of the molecule is CO[C@H]1[C@@H](O)[C@H](O[C@@H]2[C@@H](C)O[C@@H](O[C@H]3[C@@H](OC)C[C@H](O[C@H]4CC[C@@]5(C)[C@H](CC[C@]6(O)[C@@H]5CC[C@]5(C)[C@@H](C(C)=O)[C@H](OC(=O)CC(C)C)[C@@H](OC(=O)c7ccccc7)[C@@]56O)C4)O[C@@H]3C)C[C@H]2OC)O[C@H](C)[C@H]1O. The van der Waals surface area contributed by atoms with Crippen molar-refractivity contribution < 1.29 is 86.9 Å². The lowest BCUT2D eigenvalue weighted by Gasteiger charge is -2.67. The maximum absolute atomic E-state index is 14.0. The van der Waals surface area contributed by atoms with Crippen molar-refractivity contribution in [1.29, 1.82) is 0 Å². The highest BCUT2D eigenvalue weighted by Gasteiger charge is 2.82. The average Bonchev–Trinajstić information content (AvgIpc) is 3.52. The Morgan fingerprint density at radius 1 is 0.708 bits per heavy atom. The fourth-order valence-electron chi connectivity index (χ4n) is 14.6. The molecule has 0 radical (unpaired) electrons. The molecule has 0 spiro atoms. The fraction of sp³-hybridized carbons (Fsp3) is 0.833. The number of ether oxygens (including phenoxy) is 11. The molecule has 7 aliphatic rings. The van der Waals surface area contributed by atoms with Crippen molar-refractivity contribution in [3.05, 3.63) is 35.9 Å². The second-order valence-corrected chi connectivity index (χ2v) is 23.0. The van der Waals surface area contributed by atoms with Crippen molar-refractivity contribution in [1.82, 2.24) is 0 Å². The molecule has 23 atom stereocenters. The number of fused-ring (bicyclic) bond motifs is 5. The van der Waals surface area contributed by atoms with E-state index in [4.69, 9.17) is 52.1 Å². The van der Waals surface area contributed by atoms with E-state index in [0.29, 0.717) is 51.4 Å². The molecular formula is C54H82O18. The van der Waals surface area contributed by atoms with Gasteiger partial charge in [0.25, 0.3) is 0 Å². The van der Waals surface area contributed by atoms with E-state index in [1.54, 1.807) is 58.4 Å². The largest absolute Gasteiger partial charge is 0.457 e. The molecule has 8 rings (SSSR count). The van der Waals surface area contributed by atoms with Gasteiger partial charge in [-0.1, -0.05) is 45.9 Å². The Kier molecular flexibility index (Phi) is 16.8. The number of ketones is 1. The van der Waals surface area contributed by atoms with Gasteiger partial charge in [0.15, 0.2) is 31.1 Å². The van der Waals surface area contributed by atoms with E-state index >= 15 is 0 Å². The number of carbonyl (C=O) groups excluding carboxylic acids is 3. The Bertz CT molecular complexity index is 2040. The van der Waals surface area contributed by atoms with Crippen LogP contribution in [0.25, 0.3) is 0 Å². The first kappa shape index (κ1) is 55.5. The van der Waals surface area contributed by atoms with Crippen LogP contribution in [-0.4, -0.2) is 169 Å². The molecule has 4 saturated carbocycles. The van der Waals surface area contributed by atoms with Gasteiger partial charge in [0.2, 0.25) is 0 Å². The first-order valence-electron chi connectivity index (χ1n) is 26.3. The number of esters is 2. The molecule has 18 heteroatoms. The average molecular weight is 1020 g/mol. The zero-order valence-electron chi connectivity index (χ0n) is 44.0. The standard InChI is InChI=1S/C54H82O18/c1-27(2)23-38(56)69-46-41(28(3)55)52(8)21-19-37-51(7)20-18-34(24-33(51)17-22-53(37,60)54(52,61)48(46)72-49(59)32-15-13-12-14-16-32)68-39-25-35(62-9)44(30(5)65-39)70-40-26-36(63-10)45(31(6)66-40)71-50-43(58)47(64-11)42(57)29(4)67-50/h12-16,27,29-31,33-37,39-48,50,57-58,60-61H,17-26H2,1-11H3/t29-,30-,31-,33-,34+,35+,36-,37-,39+,40+,41+,42-,43-,44-,45-,46+,47-,48-,50+,51+,52-,53+,54-/m1/s1. The topological polar surface area (TPSA) is 234 Å². The van der Waals surface area contributed by atoms with E-state index in [9.17, 15) is 34.8 Å². The summed E-state index contributed by atoms with van der Waals surface area (Å²) in [5.74, 6) is -3.07. The molecule has 1 aromatic rings. The second-order valence-electron chi connectivity index (χ2n) is 23.0. The molecule has 72 heavy (non-hydrogen) atoms. The number of Topliss-reactive ketones (excluding diaryl/α,β-unsaturated/α-hetero) is 1. The number of rotatable bonds is 15. The maximum atomic E-state index is 14.0. The van der Waals surface area contributed by atoms with Crippen LogP contribution in [0.15, 0.2) is 30.3 Å². The molecule has 3 heterocycles. The van der Waals surface area contributed by atoms with Gasteiger partial charge in [-0.15, -0.1) is 0 Å². The van der Waals surface area contributed by atoms with Crippen molar-refractivity contribution in [3.63, 3.8) is 0 Å². The molecule has 406 valence electrons. The third-order valence-corrected chi connectivity index (χ3v) is 18.3. The molecule has 1 aromatic carbocycles. The minimum absolute atomic E-state index is 0.0514. The van der Waals surface area contributed by atoms with Crippen molar-refractivity contribution >= 4 is 17.7 Å². The number of carbonyl (C=O) groups is 3. The van der Waals surface area contributed by atoms with Gasteiger partial charge >= 0.3 is 11.9 Å². The van der Waals surface area contributed by atoms with E-state index in [1.807, 2.05) is 27.7 Å².